The Hall–Kier alpha value is -0.570. The van der Waals surface area contributed by atoms with Crippen LogP contribution in [-0.4, -0.2) is 18.5 Å². The Morgan fingerprint density at radius 2 is 1.61 bits per heavy atom. The lowest BCUT2D eigenvalue weighted by Gasteiger charge is -2.28. The molecule has 0 heterocycles. The third-order valence-electron chi connectivity index (χ3n) is 5.47. The fraction of sp³-hybridized carbons (Fsp3) is 0.933. The van der Waals surface area contributed by atoms with Gasteiger partial charge in [0.2, 0.25) is 5.91 Å². The number of hydrogen-bond acceptors (Lipinski definition) is 2. The summed E-state index contributed by atoms with van der Waals surface area (Å²) in [6.07, 6.45) is 10.1. The second kappa shape index (κ2) is 5.20. The number of carbonyl (C=O) groups is 1. The third kappa shape index (κ3) is 2.42. The Kier molecular flexibility index (Phi) is 3.60. The summed E-state index contributed by atoms with van der Waals surface area (Å²) < 4.78 is 0. The standard InChI is InChI=1S/C15H26N2O/c16-13-8-4-1-5-10(13)9-17-15(18)14-11-6-2-3-7-12(11)14/h10-14H,1-9,16H2,(H,17,18). The molecular weight excluding hydrogens is 224 g/mol. The number of hydrogen-bond donors (Lipinski definition) is 2. The molecule has 0 aliphatic heterocycles. The maximum Gasteiger partial charge on any atom is 0.223 e. The number of rotatable bonds is 3. The SMILES string of the molecule is NC1CCCCC1CNC(=O)C1C2CCCCC21. The lowest BCUT2D eigenvalue weighted by Crippen LogP contribution is -2.41. The Morgan fingerprint density at radius 3 is 2.28 bits per heavy atom. The Labute approximate surface area is 110 Å². The monoisotopic (exact) mass is 250 g/mol. The molecule has 3 saturated carbocycles. The van der Waals surface area contributed by atoms with Crippen LogP contribution in [0.1, 0.15) is 51.4 Å². The van der Waals surface area contributed by atoms with Gasteiger partial charge in [-0.25, -0.2) is 0 Å². The van der Waals surface area contributed by atoms with E-state index < -0.39 is 0 Å². The van der Waals surface area contributed by atoms with Crippen LogP contribution in [0.5, 0.6) is 0 Å². The minimum Gasteiger partial charge on any atom is -0.356 e. The van der Waals surface area contributed by atoms with Gasteiger partial charge in [0.15, 0.2) is 0 Å². The molecule has 3 aliphatic carbocycles. The second-order valence-corrected chi connectivity index (χ2v) is 6.59. The van der Waals surface area contributed by atoms with Crippen LogP contribution in [0.4, 0.5) is 0 Å². The van der Waals surface area contributed by atoms with Crippen molar-refractivity contribution in [2.24, 2.45) is 29.4 Å². The van der Waals surface area contributed by atoms with Gasteiger partial charge in [0.05, 0.1) is 0 Å². The van der Waals surface area contributed by atoms with E-state index in [1.807, 2.05) is 0 Å². The summed E-state index contributed by atoms with van der Waals surface area (Å²) in [7, 11) is 0. The molecule has 0 saturated heterocycles. The highest BCUT2D eigenvalue weighted by molar-refractivity contribution is 5.82. The fourth-order valence-corrected chi connectivity index (χ4v) is 4.22. The molecule has 4 unspecified atom stereocenters. The van der Waals surface area contributed by atoms with Gasteiger partial charge < -0.3 is 11.1 Å². The average molecular weight is 250 g/mol. The normalized spacial score (nSPS) is 43.1. The highest BCUT2D eigenvalue weighted by atomic mass is 16.2. The first-order chi connectivity index (χ1) is 8.77. The Bertz CT molecular complexity index is 306. The summed E-state index contributed by atoms with van der Waals surface area (Å²) in [6.45, 7) is 0.815. The molecule has 3 N–H and O–H groups in total. The van der Waals surface area contributed by atoms with Gasteiger partial charge in [-0.05, 0) is 43.4 Å². The molecule has 102 valence electrons. The second-order valence-electron chi connectivity index (χ2n) is 6.59. The molecule has 0 aromatic heterocycles. The van der Waals surface area contributed by atoms with Crippen molar-refractivity contribution in [2.75, 3.05) is 6.54 Å². The van der Waals surface area contributed by atoms with Crippen LogP contribution >= 0.6 is 0 Å². The third-order valence-corrected chi connectivity index (χ3v) is 5.47. The van der Waals surface area contributed by atoms with E-state index >= 15 is 0 Å². The molecule has 3 aliphatic rings. The molecule has 0 aromatic carbocycles. The summed E-state index contributed by atoms with van der Waals surface area (Å²) in [5, 5.41) is 3.18. The van der Waals surface area contributed by atoms with E-state index in [1.165, 1.54) is 44.9 Å². The lowest BCUT2D eigenvalue weighted by atomic mass is 9.85. The molecule has 3 rings (SSSR count). The van der Waals surface area contributed by atoms with Crippen molar-refractivity contribution >= 4 is 5.91 Å². The minimum absolute atomic E-state index is 0.306. The van der Waals surface area contributed by atoms with Gasteiger partial charge in [-0.3, -0.25) is 4.79 Å². The summed E-state index contributed by atoms with van der Waals surface area (Å²) >= 11 is 0. The maximum absolute atomic E-state index is 12.2. The first kappa shape index (κ1) is 12.5. The van der Waals surface area contributed by atoms with Gasteiger partial charge in [-0.2, -0.15) is 0 Å². The number of amides is 1. The van der Waals surface area contributed by atoms with Crippen LogP contribution in [0.25, 0.3) is 0 Å². The minimum atomic E-state index is 0.306. The smallest absolute Gasteiger partial charge is 0.223 e. The molecule has 4 atom stereocenters. The molecule has 3 fully saturated rings. The quantitative estimate of drug-likeness (QED) is 0.805. The molecule has 3 heteroatoms. The van der Waals surface area contributed by atoms with Crippen LogP contribution in [-0.2, 0) is 4.79 Å². The van der Waals surface area contributed by atoms with Crippen LogP contribution < -0.4 is 11.1 Å². The van der Waals surface area contributed by atoms with Crippen molar-refractivity contribution in [1.29, 1.82) is 0 Å². The topological polar surface area (TPSA) is 55.1 Å². The van der Waals surface area contributed by atoms with Crippen LogP contribution in [0.3, 0.4) is 0 Å². The number of nitrogens with one attached hydrogen (secondary N) is 1. The number of fused-ring (bicyclic) bond motifs is 1. The number of carbonyl (C=O) groups excluding carboxylic acids is 1. The predicted octanol–water partition coefficient (Wildman–Crippen LogP) is 2.06. The van der Waals surface area contributed by atoms with Crippen LogP contribution in [0.15, 0.2) is 0 Å². The van der Waals surface area contributed by atoms with Gasteiger partial charge in [0, 0.05) is 18.5 Å². The van der Waals surface area contributed by atoms with Gasteiger partial charge in [0.25, 0.3) is 0 Å². The molecule has 18 heavy (non-hydrogen) atoms. The molecule has 0 spiro atoms. The van der Waals surface area contributed by atoms with Gasteiger partial charge >= 0.3 is 0 Å². The van der Waals surface area contributed by atoms with Crippen LogP contribution in [0, 0.1) is 23.7 Å². The molecule has 3 nitrogen and oxygen atoms in total. The van der Waals surface area contributed by atoms with Crippen molar-refractivity contribution < 1.29 is 4.79 Å². The Morgan fingerprint density at radius 1 is 1.00 bits per heavy atom. The van der Waals surface area contributed by atoms with Crippen molar-refractivity contribution in [3.05, 3.63) is 0 Å². The molecule has 0 bridgehead atoms. The van der Waals surface area contributed by atoms with Gasteiger partial charge in [0.1, 0.15) is 0 Å². The van der Waals surface area contributed by atoms with Crippen molar-refractivity contribution in [2.45, 2.75) is 57.4 Å². The molecule has 0 radical (unpaired) electrons. The first-order valence-corrected chi connectivity index (χ1v) is 7.80. The zero-order valence-electron chi connectivity index (χ0n) is 11.2. The van der Waals surface area contributed by atoms with E-state index in [4.69, 9.17) is 5.73 Å². The Balaban J connectivity index is 1.44. The summed E-state index contributed by atoms with van der Waals surface area (Å²) in [5.74, 6) is 2.64. The van der Waals surface area contributed by atoms with E-state index in [0.29, 0.717) is 23.8 Å². The number of nitrogens with two attached hydrogens (primary N) is 1. The largest absolute Gasteiger partial charge is 0.356 e. The predicted molar refractivity (Wildman–Crippen MR) is 71.9 cm³/mol. The van der Waals surface area contributed by atoms with E-state index in [0.717, 1.165) is 24.8 Å². The van der Waals surface area contributed by atoms with Crippen molar-refractivity contribution in [1.82, 2.24) is 5.32 Å². The maximum atomic E-state index is 12.2. The van der Waals surface area contributed by atoms with E-state index in [-0.39, 0.29) is 0 Å². The molecule has 0 aromatic rings. The van der Waals surface area contributed by atoms with Crippen LogP contribution in [0.2, 0.25) is 0 Å². The zero-order chi connectivity index (χ0) is 12.5. The van der Waals surface area contributed by atoms with E-state index in [2.05, 4.69) is 5.32 Å². The highest BCUT2D eigenvalue weighted by Crippen LogP contribution is 2.55. The fourth-order valence-electron chi connectivity index (χ4n) is 4.22. The van der Waals surface area contributed by atoms with Gasteiger partial charge in [-0.15, -0.1) is 0 Å². The molecular formula is C15H26N2O. The summed E-state index contributed by atoms with van der Waals surface area (Å²) in [4.78, 5) is 12.2. The zero-order valence-corrected chi connectivity index (χ0v) is 11.2. The van der Waals surface area contributed by atoms with Crippen molar-refractivity contribution in [3.63, 3.8) is 0 Å². The van der Waals surface area contributed by atoms with Gasteiger partial charge in [-0.1, -0.05) is 25.7 Å². The lowest BCUT2D eigenvalue weighted by molar-refractivity contribution is -0.123. The first-order valence-electron chi connectivity index (χ1n) is 7.80. The summed E-state index contributed by atoms with van der Waals surface area (Å²) in [5.41, 5.74) is 6.12. The summed E-state index contributed by atoms with van der Waals surface area (Å²) in [6, 6.07) is 0.306. The van der Waals surface area contributed by atoms with E-state index in [9.17, 15) is 4.79 Å². The molecule has 1 amide bonds. The van der Waals surface area contributed by atoms with E-state index in [1.54, 1.807) is 0 Å². The highest BCUT2D eigenvalue weighted by Gasteiger charge is 2.54. The van der Waals surface area contributed by atoms with Crippen molar-refractivity contribution in [3.8, 4) is 0 Å². The average Bonchev–Trinajstić information content (AvgIpc) is 3.12.